The van der Waals surface area contributed by atoms with Gasteiger partial charge in [-0.15, -0.1) is 0 Å². The van der Waals surface area contributed by atoms with Crippen molar-refractivity contribution in [3.05, 3.63) is 59.9 Å². The maximum atomic E-state index is 13.1. The number of nitrogens with one attached hydrogen (secondary N) is 2. The standard InChI is InChI=1S/C16H13F3N2O5S/c17-10-2-1-3-12(6-10)27(24,25)20-8-16(23)26-9-15(22)21-11-4-5-13(18)14(19)7-11/h1-7,20H,8-9H2,(H,21,22). The molecule has 0 radical (unpaired) electrons. The zero-order valence-electron chi connectivity index (χ0n) is 13.5. The summed E-state index contributed by atoms with van der Waals surface area (Å²) in [5, 5.41) is 2.17. The zero-order chi connectivity index (χ0) is 20.0. The summed E-state index contributed by atoms with van der Waals surface area (Å²) >= 11 is 0. The van der Waals surface area contributed by atoms with E-state index in [0.29, 0.717) is 0 Å². The number of sulfonamides is 1. The van der Waals surface area contributed by atoms with E-state index in [1.165, 1.54) is 6.07 Å². The molecule has 0 bridgehead atoms. The summed E-state index contributed by atoms with van der Waals surface area (Å²) in [5.74, 6) is -4.95. The molecule has 2 aromatic carbocycles. The van der Waals surface area contributed by atoms with Gasteiger partial charge in [0, 0.05) is 11.8 Å². The maximum absolute atomic E-state index is 13.1. The number of esters is 1. The number of halogens is 3. The van der Waals surface area contributed by atoms with Crippen molar-refractivity contribution < 1.29 is 35.9 Å². The molecule has 144 valence electrons. The first-order valence-corrected chi connectivity index (χ1v) is 8.81. The molecule has 11 heteroatoms. The first kappa shape index (κ1) is 20.4. The van der Waals surface area contributed by atoms with E-state index >= 15 is 0 Å². The summed E-state index contributed by atoms with van der Waals surface area (Å²) in [7, 11) is -4.14. The molecule has 0 aromatic heterocycles. The number of carbonyl (C=O) groups excluding carboxylic acids is 2. The third kappa shape index (κ3) is 6.08. The highest BCUT2D eigenvalue weighted by atomic mass is 32.2. The first-order valence-electron chi connectivity index (χ1n) is 7.33. The normalized spacial score (nSPS) is 11.1. The van der Waals surface area contributed by atoms with Gasteiger partial charge in [0.2, 0.25) is 10.0 Å². The minimum Gasteiger partial charge on any atom is -0.455 e. The van der Waals surface area contributed by atoms with E-state index in [1.54, 1.807) is 0 Å². The van der Waals surface area contributed by atoms with Gasteiger partial charge in [-0.3, -0.25) is 9.59 Å². The molecule has 0 saturated carbocycles. The highest BCUT2D eigenvalue weighted by molar-refractivity contribution is 7.89. The molecule has 2 aromatic rings. The smallest absolute Gasteiger partial charge is 0.321 e. The predicted octanol–water partition coefficient (Wildman–Crippen LogP) is 1.56. The Bertz CT molecular complexity index is 966. The number of amides is 1. The van der Waals surface area contributed by atoms with E-state index < -0.39 is 52.5 Å². The van der Waals surface area contributed by atoms with Crippen LogP contribution in [0.15, 0.2) is 47.4 Å². The average molecular weight is 402 g/mol. The molecule has 7 nitrogen and oxygen atoms in total. The van der Waals surface area contributed by atoms with Gasteiger partial charge in [0.15, 0.2) is 18.2 Å². The van der Waals surface area contributed by atoms with Crippen LogP contribution < -0.4 is 10.0 Å². The van der Waals surface area contributed by atoms with Crippen molar-refractivity contribution in [1.29, 1.82) is 0 Å². The van der Waals surface area contributed by atoms with Crippen molar-refractivity contribution in [2.75, 3.05) is 18.5 Å². The minimum atomic E-state index is -4.14. The molecule has 0 atom stereocenters. The maximum Gasteiger partial charge on any atom is 0.321 e. The molecule has 0 aliphatic heterocycles. The van der Waals surface area contributed by atoms with E-state index in [0.717, 1.165) is 36.4 Å². The van der Waals surface area contributed by atoms with E-state index in [-0.39, 0.29) is 10.6 Å². The Hall–Kier alpha value is -2.92. The zero-order valence-corrected chi connectivity index (χ0v) is 14.4. The number of carbonyl (C=O) groups is 2. The number of benzene rings is 2. The predicted molar refractivity (Wildman–Crippen MR) is 87.5 cm³/mol. The quantitative estimate of drug-likeness (QED) is 0.685. The van der Waals surface area contributed by atoms with Crippen LogP contribution in [0.2, 0.25) is 0 Å². The molecule has 0 heterocycles. The van der Waals surface area contributed by atoms with Crippen LogP contribution in [0.4, 0.5) is 18.9 Å². The van der Waals surface area contributed by atoms with Crippen LogP contribution in [0.25, 0.3) is 0 Å². The fourth-order valence-corrected chi connectivity index (χ4v) is 2.84. The topological polar surface area (TPSA) is 102 Å². The van der Waals surface area contributed by atoms with Crippen LogP contribution in [0.3, 0.4) is 0 Å². The molecule has 2 rings (SSSR count). The van der Waals surface area contributed by atoms with Crippen molar-refractivity contribution >= 4 is 27.6 Å². The second-order valence-electron chi connectivity index (χ2n) is 5.12. The van der Waals surface area contributed by atoms with Crippen LogP contribution in [-0.2, 0) is 24.3 Å². The lowest BCUT2D eigenvalue weighted by molar-refractivity contribution is -0.146. The van der Waals surface area contributed by atoms with Gasteiger partial charge in [-0.2, -0.15) is 4.72 Å². The van der Waals surface area contributed by atoms with Crippen molar-refractivity contribution in [3.8, 4) is 0 Å². The van der Waals surface area contributed by atoms with E-state index in [4.69, 9.17) is 0 Å². The second-order valence-corrected chi connectivity index (χ2v) is 6.89. The van der Waals surface area contributed by atoms with Crippen molar-refractivity contribution in [2.45, 2.75) is 4.90 Å². The molecule has 0 saturated heterocycles. The lowest BCUT2D eigenvalue weighted by Crippen LogP contribution is -2.32. The highest BCUT2D eigenvalue weighted by Crippen LogP contribution is 2.13. The molecule has 0 unspecified atom stereocenters. The molecule has 0 spiro atoms. The van der Waals surface area contributed by atoms with Crippen LogP contribution in [-0.4, -0.2) is 33.4 Å². The summed E-state index contributed by atoms with van der Waals surface area (Å²) in [6.45, 7) is -1.57. The lowest BCUT2D eigenvalue weighted by Gasteiger charge is -2.08. The molecule has 27 heavy (non-hydrogen) atoms. The Morgan fingerprint density at radius 3 is 2.41 bits per heavy atom. The van der Waals surface area contributed by atoms with Crippen LogP contribution in [0.1, 0.15) is 0 Å². The molecule has 0 aliphatic carbocycles. The second kappa shape index (κ2) is 8.64. The molecule has 0 aliphatic rings. The van der Waals surface area contributed by atoms with Crippen LogP contribution >= 0.6 is 0 Å². The largest absolute Gasteiger partial charge is 0.455 e. The van der Waals surface area contributed by atoms with Crippen LogP contribution in [0, 0.1) is 17.5 Å². The fourth-order valence-electron chi connectivity index (χ4n) is 1.84. The molecule has 1 amide bonds. The van der Waals surface area contributed by atoms with Gasteiger partial charge in [0.1, 0.15) is 12.4 Å². The fraction of sp³-hybridized carbons (Fsp3) is 0.125. The Balaban J connectivity index is 1.81. The number of rotatable bonds is 7. The summed E-state index contributed by atoms with van der Waals surface area (Å²) in [6.07, 6.45) is 0. The van der Waals surface area contributed by atoms with Gasteiger partial charge >= 0.3 is 5.97 Å². The number of hydrogen-bond acceptors (Lipinski definition) is 5. The third-order valence-electron chi connectivity index (χ3n) is 3.08. The minimum absolute atomic E-state index is 0.0539. The monoisotopic (exact) mass is 402 g/mol. The van der Waals surface area contributed by atoms with Gasteiger partial charge in [-0.1, -0.05) is 6.07 Å². The summed E-state index contributed by atoms with van der Waals surface area (Å²) in [4.78, 5) is 22.7. The van der Waals surface area contributed by atoms with Gasteiger partial charge in [-0.05, 0) is 30.3 Å². The van der Waals surface area contributed by atoms with Crippen molar-refractivity contribution in [1.82, 2.24) is 4.72 Å². The van der Waals surface area contributed by atoms with Gasteiger partial charge in [0.25, 0.3) is 5.91 Å². The summed E-state index contributed by atoms with van der Waals surface area (Å²) in [6, 6.07) is 6.78. The molecule has 0 fully saturated rings. The molecular weight excluding hydrogens is 389 g/mol. The summed E-state index contributed by atoms with van der Waals surface area (Å²) in [5.41, 5.74) is -0.0539. The third-order valence-corrected chi connectivity index (χ3v) is 4.48. The van der Waals surface area contributed by atoms with E-state index in [9.17, 15) is 31.2 Å². The lowest BCUT2D eigenvalue weighted by atomic mass is 10.3. The van der Waals surface area contributed by atoms with Gasteiger partial charge < -0.3 is 10.1 Å². The highest BCUT2D eigenvalue weighted by Gasteiger charge is 2.17. The number of ether oxygens (including phenoxy) is 1. The first-order chi connectivity index (χ1) is 12.7. The van der Waals surface area contributed by atoms with E-state index in [2.05, 4.69) is 10.1 Å². The SMILES string of the molecule is O=C(COC(=O)CNS(=O)(=O)c1cccc(F)c1)Nc1ccc(F)c(F)c1. The molecular formula is C16H13F3N2O5S. The Labute approximate surface area is 152 Å². The van der Waals surface area contributed by atoms with Crippen LogP contribution in [0.5, 0.6) is 0 Å². The van der Waals surface area contributed by atoms with Gasteiger partial charge in [-0.25, -0.2) is 21.6 Å². The Morgan fingerprint density at radius 2 is 1.74 bits per heavy atom. The number of hydrogen-bond donors (Lipinski definition) is 2. The van der Waals surface area contributed by atoms with E-state index in [1.807, 2.05) is 4.72 Å². The van der Waals surface area contributed by atoms with Crippen molar-refractivity contribution in [2.24, 2.45) is 0 Å². The number of anilines is 1. The Morgan fingerprint density at radius 1 is 1.00 bits per heavy atom. The molecule has 2 N–H and O–H groups in total. The Kier molecular flexibility index (Phi) is 6.53. The van der Waals surface area contributed by atoms with Crippen molar-refractivity contribution in [3.63, 3.8) is 0 Å². The average Bonchev–Trinajstić information content (AvgIpc) is 2.61. The summed E-state index contributed by atoms with van der Waals surface area (Å²) < 4.78 is 69.1. The van der Waals surface area contributed by atoms with Gasteiger partial charge in [0.05, 0.1) is 4.90 Å².